The van der Waals surface area contributed by atoms with E-state index >= 15 is 0 Å². The summed E-state index contributed by atoms with van der Waals surface area (Å²) in [6.07, 6.45) is -11.4. The Morgan fingerprint density at radius 2 is 1.43 bits per heavy atom. The SMILES string of the molecule is CC1(C)CC[C@]2(C(=O)O[C@@H]3O[C@H](CO)[C@@H](O)[C@H](O)[C@H]3O)CC[C@]3(C)C(=CC[C@@H]4[C@@]5(C)C[C@H](O)[C@H](O[C@@H]6O[C@H](C(=O)O)[C@@H](O)[C@H](O)[C@H]6O)[C@](C)(C=O)[C@H]5CC[C@]43C)[C@@H]2C1. The molecule has 4 saturated carbocycles. The van der Waals surface area contributed by atoms with Crippen LogP contribution >= 0.6 is 0 Å². The van der Waals surface area contributed by atoms with Crippen molar-refractivity contribution >= 4 is 18.2 Å². The second kappa shape index (κ2) is 14.8. The van der Waals surface area contributed by atoms with Crippen LogP contribution < -0.4 is 0 Å². The number of esters is 1. The minimum atomic E-state index is -1.93. The van der Waals surface area contributed by atoms with E-state index in [0.717, 1.165) is 12.7 Å². The molecule has 0 bridgehead atoms. The van der Waals surface area contributed by atoms with E-state index in [0.29, 0.717) is 44.9 Å². The lowest BCUT2D eigenvalue weighted by atomic mass is 9.33. The van der Waals surface area contributed by atoms with Crippen molar-refractivity contribution in [3.05, 3.63) is 11.6 Å². The highest BCUT2D eigenvalue weighted by Gasteiger charge is 2.71. The number of hydrogen-bond donors (Lipinski definition) is 9. The maximum atomic E-state index is 14.6. The van der Waals surface area contributed by atoms with Crippen LogP contribution in [0.3, 0.4) is 0 Å². The van der Waals surface area contributed by atoms with Gasteiger partial charge in [-0.1, -0.05) is 53.2 Å². The van der Waals surface area contributed by atoms with Gasteiger partial charge in [0.2, 0.25) is 6.29 Å². The summed E-state index contributed by atoms with van der Waals surface area (Å²) in [6.45, 7) is 12.1. The third kappa shape index (κ3) is 6.29. The van der Waals surface area contributed by atoms with Crippen molar-refractivity contribution in [2.24, 2.45) is 50.2 Å². The first kappa shape index (κ1) is 44.0. The standard InChI is InChI=1S/C42H64O16/c1-37(2)11-13-42(36(54)58-34-29(50)26(47)25(46)22(17-43)55-34)14-12-40(5)19(20(42)15-37)7-8-24-38(3)16-21(45)32(39(4,18-44)23(38)9-10-41(24,40)6)57-35-30(51)27(48)28(49)31(56-35)33(52)53/h7,18,20-32,34-35,43,45-51H,8-17H2,1-6H3,(H,52,53)/t20-,21-,22+,23-,24+,25+,26-,27-,28-,29+,30+,31-,32-,34-,35-,38-,39+,40+,41+,42-/m0/s1. The van der Waals surface area contributed by atoms with Crippen molar-refractivity contribution in [1.82, 2.24) is 0 Å². The monoisotopic (exact) mass is 824 g/mol. The number of hydrogen-bond acceptors (Lipinski definition) is 15. The van der Waals surface area contributed by atoms with Gasteiger partial charge in [-0.15, -0.1) is 0 Å². The summed E-state index contributed by atoms with van der Waals surface area (Å²) >= 11 is 0. The van der Waals surface area contributed by atoms with Crippen molar-refractivity contribution in [3.63, 3.8) is 0 Å². The van der Waals surface area contributed by atoms with E-state index in [2.05, 4.69) is 40.7 Å². The van der Waals surface area contributed by atoms with Gasteiger partial charge in [0.15, 0.2) is 12.4 Å². The number of ether oxygens (including phenoxy) is 4. The molecule has 0 aromatic carbocycles. The summed E-state index contributed by atoms with van der Waals surface area (Å²) in [5.41, 5.74) is -2.60. The molecule has 2 heterocycles. The van der Waals surface area contributed by atoms with E-state index in [4.69, 9.17) is 18.9 Å². The lowest BCUT2D eigenvalue weighted by molar-refractivity contribution is -0.332. The molecule has 7 rings (SSSR count). The highest BCUT2D eigenvalue weighted by molar-refractivity contribution is 5.79. The van der Waals surface area contributed by atoms with Crippen LogP contribution in [0.2, 0.25) is 0 Å². The van der Waals surface area contributed by atoms with Crippen molar-refractivity contribution in [2.45, 2.75) is 173 Å². The minimum absolute atomic E-state index is 0.0302. The van der Waals surface area contributed by atoms with Gasteiger partial charge in [0.25, 0.3) is 0 Å². The fourth-order valence-corrected chi connectivity index (χ4v) is 13.5. The molecule has 7 aliphatic rings. The number of carbonyl (C=O) groups is 3. The number of carbonyl (C=O) groups excluding carboxylic acids is 2. The van der Waals surface area contributed by atoms with Crippen molar-refractivity contribution in [2.75, 3.05) is 6.61 Å². The molecular formula is C42H64O16. The molecule has 0 spiro atoms. The lowest BCUT2D eigenvalue weighted by Crippen LogP contribution is -2.69. The van der Waals surface area contributed by atoms with Crippen LogP contribution in [0, 0.1) is 50.2 Å². The third-order valence-corrected chi connectivity index (χ3v) is 17.1. The number of allylic oxidation sites excluding steroid dienone is 2. The highest BCUT2D eigenvalue weighted by atomic mass is 16.7. The van der Waals surface area contributed by atoms with Crippen LogP contribution in [0.1, 0.15) is 99.3 Å². The maximum Gasteiger partial charge on any atom is 0.335 e. The Hall–Kier alpha value is -2.09. The molecule has 16 heteroatoms. The number of aliphatic hydroxyl groups is 8. The Balaban J connectivity index is 1.19. The van der Waals surface area contributed by atoms with Crippen molar-refractivity contribution in [1.29, 1.82) is 0 Å². The molecule has 0 aromatic heterocycles. The molecule has 2 saturated heterocycles. The predicted octanol–water partition coefficient (Wildman–Crippen LogP) is 0.558. The minimum Gasteiger partial charge on any atom is -0.479 e. The lowest BCUT2D eigenvalue weighted by Gasteiger charge is -2.71. The average molecular weight is 825 g/mol. The summed E-state index contributed by atoms with van der Waals surface area (Å²) < 4.78 is 23.1. The molecule has 58 heavy (non-hydrogen) atoms. The van der Waals surface area contributed by atoms with Crippen LogP contribution in [-0.4, -0.2) is 144 Å². The zero-order chi connectivity index (χ0) is 42.7. The summed E-state index contributed by atoms with van der Waals surface area (Å²) in [7, 11) is 0. The van der Waals surface area contributed by atoms with Crippen LogP contribution in [0.15, 0.2) is 11.6 Å². The normalized spacial score (nSPS) is 53.8. The molecule has 0 radical (unpaired) electrons. The largest absolute Gasteiger partial charge is 0.479 e. The first-order chi connectivity index (χ1) is 27.0. The van der Waals surface area contributed by atoms with E-state index < -0.39 is 114 Å². The summed E-state index contributed by atoms with van der Waals surface area (Å²) in [5.74, 6) is -2.70. The Bertz CT molecular complexity index is 1650. The molecule has 0 amide bonds. The Morgan fingerprint density at radius 3 is 2.07 bits per heavy atom. The van der Waals surface area contributed by atoms with Gasteiger partial charge >= 0.3 is 11.9 Å². The molecule has 328 valence electrons. The van der Waals surface area contributed by atoms with Gasteiger partial charge in [0.1, 0.15) is 49.0 Å². The summed E-state index contributed by atoms with van der Waals surface area (Å²) in [6, 6.07) is 0. The topological polar surface area (TPSA) is 270 Å². The number of carboxylic acids is 1. The molecule has 5 aliphatic carbocycles. The Kier molecular flexibility index (Phi) is 11.2. The van der Waals surface area contributed by atoms with Gasteiger partial charge in [0, 0.05) is 0 Å². The number of fused-ring (bicyclic) bond motifs is 7. The van der Waals surface area contributed by atoms with Gasteiger partial charge in [-0.05, 0) is 97.2 Å². The molecule has 0 unspecified atom stereocenters. The van der Waals surface area contributed by atoms with Crippen molar-refractivity contribution in [3.8, 4) is 0 Å². The van der Waals surface area contributed by atoms with Crippen LogP contribution in [-0.2, 0) is 33.3 Å². The van der Waals surface area contributed by atoms with E-state index in [1.165, 1.54) is 5.57 Å². The van der Waals surface area contributed by atoms with Gasteiger partial charge in [0.05, 0.1) is 29.6 Å². The van der Waals surface area contributed by atoms with Gasteiger partial charge in [-0.25, -0.2) is 4.79 Å². The third-order valence-electron chi connectivity index (χ3n) is 17.1. The van der Waals surface area contributed by atoms with E-state index in [1.807, 2.05) is 0 Å². The van der Waals surface area contributed by atoms with E-state index in [-0.39, 0.29) is 35.0 Å². The molecule has 9 N–H and O–H groups in total. The zero-order valence-electron chi connectivity index (χ0n) is 34.3. The Morgan fingerprint density at radius 1 is 0.793 bits per heavy atom. The van der Waals surface area contributed by atoms with Crippen LogP contribution in [0.25, 0.3) is 0 Å². The maximum absolute atomic E-state index is 14.6. The second-order valence-electron chi connectivity index (χ2n) is 20.5. The number of aliphatic hydroxyl groups excluding tert-OH is 8. The quantitative estimate of drug-likeness (QED) is 0.0735. The van der Waals surface area contributed by atoms with Gasteiger partial charge in [-0.3, -0.25) is 4.79 Å². The predicted molar refractivity (Wildman–Crippen MR) is 200 cm³/mol. The average Bonchev–Trinajstić information content (AvgIpc) is 3.16. The summed E-state index contributed by atoms with van der Waals surface area (Å²) in [5, 5.41) is 94.3. The van der Waals surface area contributed by atoms with Crippen LogP contribution in [0.4, 0.5) is 0 Å². The first-order valence-electron chi connectivity index (χ1n) is 20.9. The zero-order valence-corrected chi connectivity index (χ0v) is 34.3. The smallest absolute Gasteiger partial charge is 0.335 e. The fraction of sp³-hybridized carbons (Fsp3) is 0.881. The molecule has 0 aromatic rings. The number of aldehydes is 1. The van der Waals surface area contributed by atoms with E-state index in [1.54, 1.807) is 6.92 Å². The number of aliphatic carboxylic acids is 1. The van der Waals surface area contributed by atoms with E-state index in [9.17, 15) is 60.3 Å². The molecule has 16 nitrogen and oxygen atoms in total. The number of rotatable bonds is 7. The first-order valence-corrected chi connectivity index (χ1v) is 20.9. The number of carboxylic acid groups (broad SMARTS) is 1. The van der Waals surface area contributed by atoms with Crippen molar-refractivity contribution < 1.29 is 79.3 Å². The molecule has 6 fully saturated rings. The summed E-state index contributed by atoms with van der Waals surface area (Å²) in [4.78, 5) is 39.7. The van der Waals surface area contributed by atoms with Gasteiger partial charge < -0.3 is 69.7 Å². The fourth-order valence-electron chi connectivity index (χ4n) is 13.5. The Labute approximate surface area is 338 Å². The molecule has 20 atom stereocenters. The van der Waals surface area contributed by atoms with Crippen LogP contribution in [0.5, 0.6) is 0 Å². The second-order valence-corrected chi connectivity index (χ2v) is 20.5. The van der Waals surface area contributed by atoms with Gasteiger partial charge in [-0.2, -0.15) is 0 Å². The molecule has 2 aliphatic heterocycles. The highest BCUT2D eigenvalue weighted by Crippen LogP contribution is 2.76. The molecular weight excluding hydrogens is 760 g/mol.